The van der Waals surface area contributed by atoms with Gasteiger partial charge in [-0.25, -0.2) is 0 Å². The van der Waals surface area contributed by atoms with Gasteiger partial charge in [0, 0.05) is 39.2 Å². The van der Waals surface area contributed by atoms with Gasteiger partial charge >= 0.3 is 0 Å². The summed E-state index contributed by atoms with van der Waals surface area (Å²) in [5, 5.41) is 2.25. The monoisotopic (exact) mass is 715 g/mol. The summed E-state index contributed by atoms with van der Waals surface area (Å²) in [4.78, 5) is 2.41. The highest BCUT2D eigenvalue weighted by Gasteiger charge is 2.41. The summed E-state index contributed by atoms with van der Waals surface area (Å²) >= 11 is 0. The maximum atomic E-state index is 6.48. The lowest BCUT2D eigenvalue weighted by atomic mass is 9.74. The summed E-state index contributed by atoms with van der Waals surface area (Å²) in [7, 11) is 0. The standard InChI is InChI=1S/C53H49NO/c1-51(2,3)36-31-44(52(4,5)6)50-45(32-36)53(7,8)43-22-16-21-42(49(43)50)39-19-12-14-23-46(39)54(37-27-25-35(26-28-37)34-17-10-9-11-18-34)38-29-30-41-40-20-13-15-24-47(40)55-48(41)33-38/h9-33H,1-8H3. The average Bonchev–Trinajstić information content (AvgIpc) is 3.66. The molecule has 9 rings (SSSR count). The lowest BCUT2D eigenvalue weighted by Crippen LogP contribution is -2.21. The van der Waals surface area contributed by atoms with Crippen molar-refractivity contribution in [3.05, 3.63) is 174 Å². The zero-order valence-corrected chi connectivity index (χ0v) is 33.3. The van der Waals surface area contributed by atoms with Crippen LogP contribution in [0, 0.1) is 0 Å². The highest BCUT2D eigenvalue weighted by atomic mass is 16.3. The van der Waals surface area contributed by atoms with Gasteiger partial charge in [0.05, 0.1) is 5.69 Å². The molecule has 8 aromatic rings. The van der Waals surface area contributed by atoms with Crippen molar-refractivity contribution in [3.8, 4) is 33.4 Å². The number of fused-ring (bicyclic) bond motifs is 6. The van der Waals surface area contributed by atoms with Gasteiger partial charge < -0.3 is 9.32 Å². The molecule has 0 saturated heterocycles. The molecule has 1 aliphatic carbocycles. The molecule has 0 aliphatic heterocycles. The second-order valence-corrected chi connectivity index (χ2v) is 17.8. The normalized spacial score (nSPS) is 13.6. The van der Waals surface area contributed by atoms with E-state index >= 15 is 0 Å². The molecule has 0 radical (unpaired) electrons. The van der Waals surface area contributed by atoms with Crippen LogP contribution in [0.2, 0.25) is 0 Å². The third kappa shape index (κ3) is 5.78. The van der Waals surface area contributed by atoms with Crippen molar-refractivity contribution >= 4 is 39.0 Å². The molecule has 272 valence electrons. The van der Waals surface area contributed by atoms with Gasteiger partial charge in [-0.05, 0) is 97.3 Å². The van der Waals surface area contributed by atoms with Gasteiger partial charge in [0.25, 0.3) is 0 Å². The number of furan rings is 1. The van der Waals surface area contributed by atoms with Gasteiger partial charge in [0.1, 0.15) is 11.2 Å². The van der Waals surface area contributed by atoms with Crippen LogP contribution in [0.4, 0.5) is 17.1 Å². The molecule has 0 amide bonds. The van der Waals surface area contributed by atoms with E-state index in [-0.39, 0.29) is 16.2 Å². The summed E-state index contributed by atoms with van der Waals surface area (Å²) in [5.41, 5.74) is 18.1. The third-order valence-electron chi connectivity index (χ3n) is 11.8. The first-order valence-electron chi connectivity index (χ1n) is 19.6. The maximum absolute atomic E-state index is 6.48. The Hall–Kier alpha value is -5.86. The molecule has 0 saturated carbocycles. The molecule has 0 fully saturated rings. The molecule has 0 unspecified atom stereocenters. The minimum atomic E-state index is -0.157. The Morgan fingerprint density at radius 2 is 1.11 bits per heavy atom. The summed E-state index contributed by atoms with van der Waals surface area (Å²) in [5.74, 6) is 0. The number of para-hydroxylation sites is 2. The van der Waals surface area contributed by atoms with E-state index in [9.17, 15) is 0 Å². The van der Waals surface area contributed by atoms with Gasteiger partial charge in [-0.3, -0.25) is 0 Å². The SMILES string of the molecule is CC(C)(C)c1cc(C(C)(C)C)c2c(c1)C(C)(C)c1cccc(-c3ccccc3N(c3ccc(-c4ccccc4)cc3)c3ccc4c(c3)oc3ccccc34)c1-2. The molecule has 1 aliphatic rings. The van der Waals surface area contributed by atoms with Crippen LogP contribution in [-0.4, -0.2) is 0 Å². The Morgan fingerprint density at radius 3 is 1.85 bits per heavy atom. The molecule has 0 bridgehead atoms. The van der Waals surface area contributed by atoms with E-state index in [1.807, 2.05) is 6.07 Å². The average molecular weight is 716 g/mol. The second-order valence-electron chi connectivity index (χ2n) is 17.8. The molecular weight excluding hydrogens is 667 g/mol. The summed E-state index contributed by atoms with van der Waals surface area (Å²) in [6, 6.07) is 55.4. The Labute approximate surface area is 326 Å². The van der Waals surface area contributed by atoms with Crippen LogP contribution in [0.3, 0.4) is 0 Å². The minimum Gasteiger partial charge on any atom is -0.456 e. The van der Waals surface area contributed by atoms with Crippen molar-refractivity contribution in [2.75, 3.05) is 4.90 Å². The molecule has 0 atom stereocenters. The fourth-order valence-corrected chi connectivity index (χ4v) is 8.75. The van der Waals surface area contributed by atoms with Crippen LogP contribution in [-0.2, 0) is 16.2 Å². The van der Waals surface area contributed by atoms with E-state index in [1.54, 1.807) is 0 Å². The van der Waals surface area contributed by atoms with Crippen LogP contribution in [0.5, 0.6) is 0 Å². The smallest absolute Gasteiger partial charge is 0.137 e. The minimum absolute atomic E-state index is 0.0345. The molecule has 2 nitrogen and oxygen atoms in total. The summed E-state index contributed by atoms with van der Waals surface area (Å²) in [6.07, 6.45) is 0. The van der Waals surface area contributed by atoms with Crippen LogP contribution in [0.1, 0.15) is 77.6 Å². The fraction of sp³-hybridized carbons (Fsp3) is 0.208. The number of anilines is 3. The third-order valence-corrected chi connectivity index (χ3v) is 11.8. The highest BCUT2D eigenvalue weighted by molar-refractivity contribution is 6.06. The van der Waals surface area contributed by atoms with E-state index in [4.69, 9.17) is 4.42 Å². The van der Waals surface area contributed by atoms with E-state index in [1.165, 1.54) is 55.6 Å². The van der Waals surface area contributed by atoms with Crippen molar-refractivity contribution in [2.45, 2.75) is 71.6 Å². The van der Waals surface area contributed by atoms with E-state index in [2.05, 4.69) is 206 Å². The fourth-order valence-electron chi connectivity index (χ4n) is 8.75. The van der Waals surface area contributed by atoms with Crippen LogP contribution < -0.4 is 4.90 Å². The highest BCUT2D eigenvalue weighted by Crippen LogP contribution is 2.57. The predicted octanol–water partition coefficient (Wildman–Crippen LogP) is 15.3. The Kier molecular flexibility index (Phi) is 7.99. The van der Waals surface area contributed by atoms with Crippen LogP contribution in [0.15, 0.2) is 156 Å². The number of benzene rings is 7. The summed E-state index contributed by atoms with van der Waals surface area (Å²) in [6.45, 7) is 18.9. The van der Waals surface area contributed by atoms with Gasteiger partial charge in [-0.2, -0.15) is 0 Å². The number of rotatable bonds is 5. The van der Waals surface area contributed by atoms with Crippen molar-refractivity contribution < 1.29 is 4.42 Å². The zero-order chi connectivity index (χ0) is 38.3. The molecule has 2 heteroatoms. The van der Waals surface area contributed by atoms with Gasteiger partial charge in [-0.1, -0.05) is 165 Å². The lowest BCUT2D eigenvalue weighted by molar-refractivity contribution is 0.564. The van der Waals surface area contributed by atoms with Crippen LogP contribution >= 0.6 is 0 Å². The molecule has 1 aromatic heterocycles. The van der Waals surface area contributed by atoms with Gasteiger partial charge in [0.15, 0.2) is 0 Å². The first-order valence-corrected chi connectivity index (χ1v) is 19.6. The first kappa shape index (κ1) is 34.9. The maximum Gasteiger partial charge on any atom is 0.137 e. The second kappa shape index (κ2) is 12.6. The predicted molar refractivity (Wildman–Crippen MR) is 234 cm³/mol. The first-order chi connectivity index (χ1) is 26.3. The lowest BCUT2D eigenvalue weighted by Gasteiger charge is -2.30. The quantitative estimate of drug-likeness (QED) is 0.176. The Morgan fingerprint density at radius 1 is 0.473 bits per heavy atom. The summed E-state index contributed by atoms with van der Waals surface area (Å²) < 4.78 is 6.48. The molecule has 55 heavy (non-hydrogen) atoms. The molecule has 1 heterocycles. The van der Waals surface area contributed by atoms with E-state index < -0.39 is 0 Å². The van der Waals surface area contributed by atoms with Crippen molar-refractivity contribution in [1.29, 1.82) is 0 Å². The zero-order valence-electron chi connectivity index (χ0n) is 33.3. The topological polar surface area (TPSA) is 16.4 Å². The van der Waals surface area contributed by atoms with Crippen LogP contribution in [0.25, 0.3) is 55.3 Å². The number of hydrogen-bond acceptors (Lipinski definition) is 2. The number of nitrogens with zero attached hydrogens (tertiary/aromatic N) is 1. The molecule has 0 N–H and O–H groups in total. The van der Waals surface area contributed by atoms with Crippen molar-refractivity contribution in [3.63, 3.8) is 0 Å². The Bertz CT molecular complexity index is 2730. The molecular formula is C53H49NO. The van der Waals surface area contributed by atoms with Crippen molar-refractivity contribution in [1.82, 2.24) is 0 Å². The molecule has 0 spiro atoms. The Balaban J connectivity index is 1.29. The van der Waals surface area contributed by atoms with Gasteiger partial charge in [-0.15, -0.1) is 0 Å². The molecule has 7 aromatic carbocycles. The van der Waals surface area contributed by atoms with E-state index in [0.29, 0.717) is 0 Å². The van der Waals surface area contributed by atoms with E-state index in [0.717, 1.165) is 39.0 Å². The largest absolute Gasteiger partial charge is 0.456 e. The van der Waals surface area contributed by atoms with Gasteiger partial charge in [0.2, 0.25) is 0 Å². The van der Waals surface area contributed by atoms with Crippen molar-refractivity contribution in [2.24, 2.45) is 0 Å². The number of hydrogen-bond donors (Lipinski definition) is 0.